The molecule has 0 bridgehead atoms. The summed E-state index contributed by atoms with van der Waals surface area (Å²) in [5.41, 5.74) is 10.6. The smallest absolute Gasteiger partial charge is 0.151 e. The summed E-state index contributed by atoms with van der Waals surface area (Å²) in [6.45, 7) is 4.19. The Bertz CT molecular complexity index is 1220. The monoisotopic (exact) mass is 421 g/mol. The number of aryl methyl sites for hydroxylation is 1. The summed E-state index contributed by atoms with van der Waals surface area (Å²) in [4.78, 5) is 11.4. The average molecular weight is 421 g/mol. The van der Waals surface area contributed by atoms with Crippen molar-refractivity contribution in [1.82, 2.24) is 14.5 Å². The number of hydrogen-bond donors (Lipinski definition) is 1. The van der Waals surface area contributed by atoms with E-state index in [-0.39, 0.29) is 17.6 Å². The molecule has 31 heavy (non-hydrogen) atoms. The fraction of sp³-hybridized carbons (Fsp3) is 0.333. The van der Waals surface area contributed by atoms with E-state index in [1.54, 1.807) is 18.3 Å². The second-order valence-electron chi connectivity index (χ2n) is 8.55. The van der Waals surface area contributed by atoms with Crippen LogP contribution in [0.15, 0.2) is 54.1 Å². The lowest BCUT2D eigenvalue weighted by Crippen LogP contribution is -2.50. The van der Waals surface area contributed by atoms with Crippen LogP contribution in [0, 0.1) is 11.7 Å². The number of rotatable bonds is 4. The van der Waals surface area contributed by atoms with Crippen molar-refractivity contribution in [3.05, 3.63) is 65.5 Å². The summed E-state index contributed by atoms with van der Waals surface area (Å²) >= 11 is 0. The molecule has 0 amide bonds. The van der Waals surface area contributed by atoms with Gasteiger partial charge in [-0.3, -0.25) is 4.98 Å². The largest absolute Gasteiger partial charge is 0.370 e. The molecule has 1 fully saturated rings. The number of para-hydroxylation sites is 1. The van der Waals surface area contributed by atoms with Crippen LogP contribution in [0.2, 0.25) is 0 Å². The van der Waals surface area contributed by atoms with Gasteiger partial charge in [-0.1, -0.05) is 17.7 Å². The summed E-state index contributed by atoms with van der Waals surface area (Å²) in [6, 6.07) is 4.96. The Hall–Kier alpha value is -3.06. The molecular weight excluding hydrogens is 396 g/mol. The van der Waals surface area contributed by atoms with Crippen LogP contribution in [-0.4, -0.2) is 34.2 Å². The van der Waals surface area contributed by atoms with Crippen LogP contribution in [0.3, 0.4) is 0 Å². The molecular formula is C24H25F2N5. The van der Waals surface area contributed by atoms with Gasteiger partial charge >= 0.3 is 0 Å². The summed E-state index contributed by atoms with van der Waals surface area (Å²) < 4.78 is 30.6. The van der Waals surface area contributed by atoms with E-state index in [1.165, 1.54) is 6.07 Å². The van der Waals surface area contributed by atoms with E-state index in [0.717, 1.165) is 41.0 Å². The number of anilines is 1. The molecule has 1 aliphatic carbocycles. The molecule has 1 atom stereocenters. The van der Waals surface area contributed by atoms with Gasteiger partial charge in [0.2, 0.25) is 0 Å². The second kappa shape index (κ2) is 7.57. The molecule has 3 heterocycles. The van der Waals surface area contributed by atoms with Crippen molar-refractivity contribution in [3.63, 3.8) is 0 Å². The van der Waals surface area contributed by atoms with Crippen molar-refractivity contribution < 1.29 is 8.78 Å². The normalized spacial score (nSPS) is 19.4. The number of hydrogen-bond acceptors (Lipinski definition) is 4. The van der Waals surface area contributed by atoms with Gasteiger partial charge in [-0.2, -0.15) is 0 Å². The number of pyridine rings is 1. The van der Waals surface area contributed by atoms with Crippen molar-refractivity contribution in [2.24, 2.45) is 18.7 Å². The maximum absolute atomic E-state index is 14.4. The van der Waals surface area contributed by atoms with Gasteiger partial charge in [0.1, 0.15) is 17.2 Å². The number of fused-ring (bicyclic) bond motifs is 1. The van der Waals surface area contributed by atoms with Crippen LogP contribution in [0.5, 0.6) is 0 Å². The van der Waals surface area contributed by atoms with Crippen LogP contribution >= 0.6 is 0 Å². The molecule has 1 saturated heterocycles. The summed E-state index contributed by atoms with van der Waals surface area (Å²) in [6.07, 6.45) is 7.57. The first-order valence-corrected chi connectivity index (χ1v) is 10.5. The minimum atomic E-state index is -0.352. The summed E-state index contributed by atoms with van der Waals surface area (Å²) in [5, 5.41) is 0. The van der Waals surface area contributed by atoms with Crippen LogP contribution < -0.4 is 10.6 Å². The number of imidazole rings is 1. The highest BCUT2D eigenvalue weighted by Gasteiger charge is 2.33. The van der Waals surface area contributed by atoms with Crippen LogP contribution in [0.4, 0.5) is 14.5 Å². The van der Waals surface area contributed by atoms with Crippen molar-refractivity contribution in [2.75, 3.05) is 24.5 Å². The van der Waals surface area contributed by atoms with Gasteiger partial charge in [-0.05, 0) is 31.7 Å². The molecule has 1 aliphatic heterocycles. The predicted octanol–water partition coefficient (Wildman–Crippen LogP) is 4.46. The van der Waals surface area contributed by atoms with Gasteiger partial charge in [0.05, 0.1) is 16.8 Å². The van der Waals surface area contributed by atoms with Crippen LogP contribution in [0.1, 0.15) is 24.8 Å². The molecule has 3 aromatic rings. The third-order valence-corrected chi connectivity index (χ3v) is 6.32. The molecule has 0 saturated carbocycles. The summed E-state index contributed by atoms with van der Waals surface area (Å²) in [5.74, 6) is 0.473. The molecule has 2 aromatic heterocycles. The zero-order valence-electron chi connectivity index (χ0n) is 17.6. The number of aromatic nitrogens is 3. The zero-order chi connectivity index (χ0) is 21.7. The molecule has 0 radical (unpaired) electrons. The van der Waals surface area contributed by atoms with Gasteiger partial charge in [-0.25, -0.2) is 13.8 Å². The van der Waals surface area contributed by atoms with E-state index in [9.17, 15) is 8.78 Å². The van der Waals surface area contributed by atoms with Crippen molar-refractivity contribution in [1.29, 1.82) is 0 Å². The highest BCUT2D eigenvalue weighted by atomic mass is 19.1. The zero-order valence-corrected chi connectivity index (χ0v) is 17.6. The van der Waals surface area contributed by atoms with E-state index in [2.05, 4.69) is 20.9 Å². The third-order valence-electron chi connectivity index (χ3n) is 6.32. The molecule has 7 heteroatoms. The molecule has 160 valence electrons. The number of halogens is 2. The van der Waals surface area contributed by atoms with Gasteiger partial charge in [0.25, 0.3) is 0 Å². The average Bonchev–Trinajstić information content (AvgIpc) is 3.04. The van der Waals surface area contributed by atoms with Crippen molar-refractivity contribution in [3.8, 4) is 11.4 Å². The Morgan fingerprint density at radius 3 is 2.71 bits per heavy atom. The van der Waals surface area contributed by atoms with E-state index in [0.29, 0.717) is 30.2 Å². The number of nitrogens with zero attached hydrogens (tertiary/aromatic N) is 4. The highest BCUT2D eigenvalue weighted by Crippen LogP contribution is 2.43. The summed E-state index contributed by atoms with van der Waals surface area (Å²) in [7, 11) is 1.88. The topological polar surface area (TPSA) is 60.0 Å². The molecule has 2 N–H and O–H groups in total. The number of allylic oxidation sites excluding steroid dienone is 4. The SMILES string of the molecule is CC1=CC(c2cncc(-c3nc4c(F)cccc4n3C)c2N2CC(CN)C2)CC(F)=C1. The molecule has 0 spiro atoms. The fourth-order valence-electron chi connectivity index (χ4n) is 4.72. The Morgan fingerprint density at radius 1 is 1.19 bits per heavy atom. The van der Waals surface area contributed by atoms with E-state index >= 15 is 0 Å². The second-order valence-corrected chi connectivity index (χ2v) is 8.55. The van der Waals surface area contributed by atoms with Gasteiger partial charge in [0.15, 0.2) is 5.82 Å². The highest BCUT2D eigenvalue weighted by molar-refractivity contribution is 5.86. The lowest BCUT2D eigenvalue weighted by atomic mass is 9.86. The minimum absolute atomic E-state index is 0.115. The first-order chi connectivity index (χ1) is 15.0. The lowest BCUT2D eigenvalue weighted by molar-refractivity contribution is 0.418. The Morgan fingerprint density at radius 2 is 2.00 bits per heavy atom. The van der Waals surface area contributed by atoms with Crippen molar-refractivity contribution >= 4 is 16.7 Å². The lowest BCUT2D eigenvalue weighted by Gasteiger charge is -2.43. The Balaban J connectivity index is 1.69. The third kappa shape index (κ3) is 3.33. The van der Waals surface area contributed by atoms with Gasteiger partial charge in [-0.15, -0.1) is 0 Å². The molecule has 1 unspecified atom stereocenters. The van der Waals surface area contributed by atoms with E-state index < -0.39 is 0 Å². The Kier molecular flexibility index (Phi) is 4.85. The standard InChI is InChI=1S/C24H25F2N5/c1-14-6-16(8-17(25)7-14)18-10-28-11-19(23(18)31-12-15(9-27)13-31)24-29-22-20(26)4-3-5-21(22)30(24)2/h3-7,10-11,15-16H,8-9,12-13,27H2,1-2H3. The van der Waals surface area contributed by atoms with Crippen LogP contribution in [-0.2, 0) is 7.05 Å². The Labute approximate surface area is 179 Å². The first-order valence-electron chi connectivity index (χ1n) is 10.5. The maximum atomic E-state index is 14.4. The quantitative estimate of drug-likeness (QED) is 0.676. The van der Waals surface area contributed by atoms with Gasteiger partial charge in [0, 0.05) is 56.4 Å². The predicted molar refractivity (Wildman–Crippen MR) is 119 cm³/mol. The van der Waals surface area contributed by atoms with Crippen LogP contribution in [0.25, 0.3) is 22.4 Å². The van der Waals surface area contributed by atoms with Gasteiger partial charge < -0.3 is 15.2 Å². The first kappa shape index (κ1) is 19.9. The molecule has 1 aromatic carbocycles. The molecule has 5 nitrogen and oxygen atoms in total. The molecule has 2 aliphatic rings. The minimum Gasteiger partial charge on any atom is -0.370 e. The maximum Gasteiger partial charge on any atom is 0.151 e. The number of nitrogens with two attached hydrogens (primary N) is 1. The fourth-order valence-corrected chi connectivity index (χ4v) is 4.72. The van der Waals surface area contributed by atoms with E-state index in [1.807, 2.05) is 30.8 Å². The van der Waals surface area contributed by atoms with Crippen molar-refractivity contribution in [2.45, 2.75) is 19.3 Å². The molecule has 5 rings (SSSR count). The number of benzene rings is 1. The van der Waals surface area contributed by atoms with E-state index in [4.69, 9.17) is 5.73 Å².